The number of fused-ring (bicyclic) bond motifs is 1. The van der Waals surface area contributed by atoms with E-state index in [2.05, 4.69) is 124 Å². The molecular formula is C36H41NOSiTi. The molecule has 0 heterocycles. The monoisotopic (exact) mass is 579 g/mol. The van der Waals surface area contributed by atoms with Crippen LogP contribution in [0.25, 0.3) is 6.08 Å². The molecule has 0 saturated heterocycles. The Bertz CT molecular complexity index is 1360. The molecule has 1 N–H and O–H groups in total. The standard InChI is InChI=1S/C18H18.C9H7.C7H7NO.2CH3.H4Si.Ti/c1(5-11-17-13-7-3-8-14-17)2-6-12-18-15-9-4-10-16-18;1-2-5-9-7-3-6-8(9)4-1;8-7(9)6-4-2-1-3-5-6;;;;/h1-10,13-16H,11-12H2;1-7H;1-5H,(H2,8,9);2*1H3;1H4;/q;;;;;;+1/p-1. The van der Waals surface area contributed by atoms with E-state index in [1.54, 1.807) is 0 Å². The maximum Gasteiger partial charge on any atom is -0.0149 e. The summed E-state index contributed by atoms with van der Waals surface area (Å²) < 4.78 is 3.74. The molecule has 4 aromatic carbocycles. The third kappa shape index (κ3) is 9.31. The normalized spacial score (nSPS) is 13.8. The Labute approximate surface area is 248 Å². The summed E-state index contributed by atoms with van der Waals surface area (Å²) in [6, 6.07) is 38.9. The van der Waals surface area contributed by atoms with Crippen LogP contribution in [0.5, 0.6) is 0 Å². The van der Waals surface area contributed by atoms with Gasteiger partial charge in [0, 0.05) is 0 Å². The average Bonchev–Trinajstić information content (AvgIpc) is 3.42. The second-order valence-electron chi connectivity index (χ2n) is 10.2. The third-order valence-electron chi connectivity index (χ3n) is 6.82. The first-order valence-electron chi connectivity index (χ1n) is 13.6. The van der Waals surface area contributed by atoms with E-state index in [1.165, 1.54) is 22.3 Å². The maximum atomic E-state index is 12.4. The molecule has 204 valence electrons. The minimum absolute atomic E-state index is 0. The van der Waals surface area contributed by atoms with Gasteiger partial charge in [-0.15, -0.1) is 0 Å². The molecule has 0 spiro atoms. The van der Waals surface area contributed by atoms with Gasteiger partial charge in [-0.1, -0.05) is 85.0 Å². The number of rotatable bonds is 8. The van der Waals surface area contributed by atoms with Gasteiger partial charge in [-0.3, -0.25) is 0 Å². The van der Waals surface area contributed by atoms with Gasteiger partial charge in [-0.05, 0) is 34.9 Å². The number of allylic oxidation sites excluding steroid dienone is 5. The zero-order chi connectivity index (χ0) is 27.3. The summed E-state index contributed by atoms with van der Waals surface area (Å²) in [4.78, 5) is 12.4. The Morgan fingerprint density at radius 2 is 1.18 bits per heavy atom. The number of carbonyl (C=O) groups excluding carboxylic acids is 1. The number of amides is 1. The number of nitrogens with one attached hydrogen (secondary N) is 1. The third-order valence-corrected chi connectivity index (χ3v) is 11.4. The first kappa shape index (κ1) is 31.0. The summed E-state index contributed by atoms with van der Waals surface area (Å²) in [6.45, 7) is 0. The van der Waals surface area contributed by atoms with E-state index in [0.29, 0.717) is 4.22 Å². The number of hydrogen-bond acceptors (Lipinski definition) is 1. The van der Waals surface area contributed by atoms with Crippen LogP contribution >= 0.6 is 0 Å². The SMILES string of the molecule is C(C=CCc1ccccc1)=CCc1ccccc1.[CH3][Ti]([CH3])([NH]C(=O)c1ccccc1)[CH]1C=Cc2ccccc21.[SiH4]. The fourth-order valence-electron chi connectivity index (χ4n) is 4.70. The summed E-state index contributed by atoms with van der Waals surface area (Å²) in [5, 5.41) is 4.52. The minimum atomic E-state index is -2.52. The predicted octanol–water partition coefficient (Wildman–Crippen LogP) is 7.48. The topological polar surface area (TPSA) is 29.1 Å². The number of benzene rings is 4. The Morgan fingerprint density at radius 1 is 0.700 bits per heavy atom. The molecular weight excluding hydrogens is 538 g/mol. The van der Waals surface area contributed by atoms with E-state index in [1.807, 2.05) is 42.5 Å². The van der Waals surface area contributed by atoms with Crippen molar-refractivity contribution >= 4 is 22.9 Å². The van der Waals surface area contributed by atoms with Gasteiger partial charge in [-0.2, -0.15) is 0 Å². The van der Waals surface area contributed by atoms with E-state index >= 15 is 0 Å². The van der Waals surface area contributed by atoms with Crippen molar-refractivity contribution in [3.05, 3.63) is 173 Å². The predicted molar refractivity (Wildman–Crippen MR) is 174 cm³/mol. The van der Waals surface area contributed by atoms with Crippen molar-refractivity contribution in [3.8, 4) is 0 Å². The Balaban J connectivity index is 0.000000218. The van der Waals surface area contributed by atoms with E-state index in [0.717, 1.165) is 18.4 Å². The van der Waals surface area contributed by atoms with Crippen molar-refractivity contribution in [2.45, 2.75) is 27.5 Å². The van der Waals surface area contributed by atoms with Gasteiger partial charge in [0.1, 0.15) is 0 Å². The van der Waals surface area contributed by atoms with Crippen molar-refractivity contribution in [1.82, 2.24) is 3.80 Å². The molecule has 1 aliphatic rings. The van der Waals surface area contributed by atoms with Crippen LogP contribution < -0.4 is 3.80 Å². The molecule has 1 unspecified atom stereocenters. The molecule has 2 nitrogen and oxygen atoms in total. The Morgan fingerprint density at radius 3 is 1.73 bits per heavy atom. The van der Waals surface area contributed by atoms with E-state index in [4.69, 9.17) is 0 Å². The molecule has 40 heavy (non-hydrogen) atoms. The second-order valence-corrected chi connectivity index (χ2v) is 17.0. The molecule has 1 aliphatic carbocycles. The molecule has 0 radical (unpaired) electrons. The average molecular weight is 580 g/mol. The first-order valence-corrected chi connectivity index (χ1v) is 18.4. The summed E-state index contributed by atoms with van der Waals surface area (Å²) >= 11 is -2.52. The number of hydrogen-bond donors (Lipinski definition) is 1. The van der Waals surface area contributed by atoms with Crippen LogP contribution in [-0.2, 0) is 29.7 Å². The maximum absolute atomic E-state index is 12.4. The fraction of sp³-hybridized carbons (Fsp3) is 0.139. The molecule has 0 saturated carbocycles. The van der Waals surface area contributed by atoms with Crippen molar-refractivity contribution in [3.63, 3.8) is 0 Å². The van der Waals surface area contributed by atoms with Gasteiger partial charge in [0.25, 0.3) is 0 Å². The van der Waals surface area contributed by atoms with Crippen LogP contribution in [0.3, 0.4) is 0 Å². The molecule has 4 aromatic rings. The smallest absolute Gasteiger partial charge is 0.0149 e. The zero-order valence-corrected chi connectivity index (χ0v) is 24.4. The van der Waals surface area contributed by atoms with Crippen LogP contribution in [0.15, 0.2) is 146 Å². The quantitative estimate of drug-likeness (QED) is 0.170. The largest absolute Gasteiger partial charge is 0.0149 e. The molecule has 0 aromatic heterocycles. The van der Waals surface area contributed by atoms with Crippen molar-refractivity contribution in [2.24, 2.45) is 0 Å². The summed E-state index contributed by atoms with van der Waals surface area (Å²) in [5.41, 5.74) is 6.09. The number of carbonyl (C=O) groups is 1. The van der Waals surface area contributed by atoms with Gasteiger partial charge in [0.05, 0.1) is 0 Å². The second kappa shape index (κ2) is 15.9. The summed E-state index contributed by atoms with van der Waals surface area (Å²) in [7, 11) is 0. The van der Waals surface area contributed by atoms with E-state index in [9.17, 15) is 4.79 Å². The van der Waals surface area contributed by atoms with Crippen LogP contribution in [0.4, 0.5) is 0 Å². The molecule has 4 heteroatoms. The zero-order valence-electron chi connectivity index (χ0n) is 22.8. The van der Waals surface area contributed by atoms with Crippen molar-refractivity contribution in [1.29, 1.82) is 0 Å². The van der Waals surface area contributed by atoms with Gasteiger partial charge in [-0.25, -0.2) is 0 Å². The molecule has 1 atom stereocenters. The van der Waals surface area contributed by atoms with Crippen molar-refractivity contribution < 1.29 is 21.6 Å². The van der Waals surface area contributed by atoms with Crippen LogP contribution in [-0.4, -0.2) is 16.9 Å². The molecule has 5 rings (SSSR count). The van der Waals surface area contributed by atoms with E-state index < -0.39 is 16.8 Å². The minimum Gasteiger partial charge on any atom is -0.0149 e. The van der Waals surface area contributed by atoms with Crippen LogP contribution in [0.2, 0.25) is 10.5 Å². The molecule has 0 aliphatic heterocycles. The molecule has 1 amide bonds. The van der Waals surface area contributed by atoms with Gasteiger partial charge < -0.3 is 0 Å². The molecule has 0 fully saturated rings. The Hall–Kier alpha value is -3.50. The van der Waals surface area contributed by atoms with Gasteiger partial charge >= 0.3 is 129 Å². The van der Waals surface area contributed by atoms with Gasteiger partial charge in [0.15, 0.2) is 0 Å². The van der Waals surface area contributed by atoms with Crippen molar-refractivity contribution in [2.75, 3.05) is 0 Å². The summed E-state index contributed by atoms with van der Waals surface area (Å²) in [5.74, 6) is 0.0541. The van der Waals surface area contributed by atoms with Crippen LogP contribution in [0, 0.1) is 0 Å². The first-order chi connectivity index (χ1) is 19.0. The van der Waals surface area contributed by atoms with Gasteiger partial charge in [0.2, 0.25) is 0 Å². The fourth-order valence-corrected chi connectivity index (χ4v) is 8.61. The summed E-state index contributed by atoms with van der Waals surface area (Å²) in [6.07, 6.45) is 15.1. The van der Waals surface area contributed by atoms with Crippen LogP contribution in [0.1, 0.15) is 36.8 Å². The molecule has 0 bridgehead atoms. The van der Waals surface area contributed by atoms with E-state index in [-0.39, 0.29) is 16.9 Å². The Kier molecular flexibility index (Phi) is 12.4.